The van der Waals surface area contributed by atoms with E-state index in [-0.39, 0.29) is 37.4 Å². The van der Waals surface area contributed by atoms with E-state index in [1.54, 1.807) is 13.0 Å². The maximum absolute atomic E-state index is 14.7. The Balaban J connectivity index is 1.54. The SMILES string of the molecule is CCCC/C=C/C(=O)N[C@@H](Cc1cc(F)cc(F)c1)C(=O)N[C@H]1COC(=O)[C@@H]2C[C@@H](C)CN2C(=O)[C@H](C)NC(=O)[C@@H]2CCCCN2C(=O)[C@@H]2C[C@@H](OP(=O)(O)O)CN2C1=O. The van der Waals surface area contributed by atoms with Crippen LogP contribution < -0.4 is 16.0 Å². The molecule has 0 aromatic heterocycles. The molecule has 18 nitrogen and oxygen atoms in total. The summed E-state index contributed by atoms with van der Waals surface area (Å²) < 4.78 is 51.0. The van der Waals surface area contributed by atoms with Crippen molar-refractivity contribution in [1.29, 1.82) is 0 Å². The van der Waals surface area contributed by atoms with Gasteiger partial charge in [-0.05, 0) is 68.7 Å². The summed E-state index contributed by atoms with van der Waals surface area (Å²) in [6.45, 7) is 3.97. The Morgan fingerprint density at radius 1 is 0.967 bits per heavy atom. The number of benzene rings is 1. The minimum Gasteiger partial charge on any atom is -0.461 e. The van der Waals surface area contributed by atoms with Gasteiger partial charge >= 0.3 is 13.8 Å². The van der Waals surface area contributed by atoms with Gasteiger partial charge in [0.15, 0.2) is 0 Å². The minimum atomic E-state index is -5.18. The standard InChI is InChI=1S/C39H53F2N6O12P/c1-4-5-6-7-11-33(48)43-28(16-24-14-25(40)17-26(41)15-24)34(49)44-29-21-58-39(54)32-13-22(2)19-46(32)36(51)23(3)42-35(50)30-10-8-9-12-45(30)38(53)31-18-27(59-60(55,56)57)20-47(31)37(29)52/h7,11,14-15,17,22-23,27-32H,4-6,8-10,12-13,16,18-21H2,1-3H3,(H,42,50)(H,43,48)(H,44,49)(H2,55,56,57)/b11-7+/t22-,23+,27-,28+,29+,30+,31+,32+/m1/s1. The highest BCUT2D eigenvalue weighted by Crippen LogP contribution is 2.41. The zero-order chi connectivity index (χ0) is 43.9. The van der Waals surface area contributed by atoms with E-state index in [1.807, 2.05) is 6.92 Å². The number of carbonyl (C=O) groups excluding carboxylic acids is 7. The third kappa shape index (κ3) is 11.9. The zero-order valence-corrected chi connectivity index (χ0v) is 34.6. The van der Waals surface area contributed by atoms with Gasteiger partial charge in [-0.25, -0.2) is 18.1 Å². The number of nitrogens with one attached hydrogen (secondary N) is 3. The first-order chi connectivity index (χ1) is 28.3. The molecule has 6 amide bonds. The first kappa shape index (κ1) is 46.3. The fourth-order valence-corrected chi connectivity index (χ4v) is 8.69. The summed E-state index contributed by atoms with van der Waals surface area (Å²) in [7, 11) is -5.18. The summed E-state index contributed by atoms with van der Waals surface area (Å²) in [6, 6.07) is -5.71. The molecule has 1 aromatic rings. The van der Waals surface area contributed by atoms with E-state index in [2.05, 4.69) is 16.0 Å². The maximum atomic E-state index is 14.7. The van der Waals surface area contributed by atoms with Gasteiger partial charge in [0.25, 0.3) is 0 Å². The number of hydrogen-bond donors (Lipinski definition) is 5. The molecule has 4 aliphatic rings. The number of fused-ring (bicyclic) bond motifs is 3. The van der Waals surface area contributed by atoms with Crippen molar-refractivity contribution in [2.24, 2.45) is 5.92 Å². The molecule has 0 aliphatic carbocycles. The van der Waals surface area contributed by atoms with Gasteiger partial charge < -0.3 is 45.2 Å². The van der Waals surface area contributed by atoms with Crippen LogP contribution in [0, 0.1) is 17.6 Å². The molecule has 0 radical (unpaired) electrons. The quantitative estimate of drug-likeness (QED) is 0.0906. The zero-order valence-electron chi connectivity index (χ0n) is 33.7. The first-order valence-electron chi connectivity index (χ1n) is 20.2. The monoisotopic (exact) mass is 866 g/mol. The van der Waals surface area contributed by atoms with Crippen LogP contribution in [0.1, 0.15) is 77.7 Å². The van der Waals surface area contributed by atoms with E-state index in [0.29, 0.717) is 25.3 Å². The maximum Gasteiger partial charge on any atom is 0.469 e. The second kappa shape index (κ2) is 20.2. The third-order valence-electron chi connectivity index (χ3n) is 11.0. The lowest BCUT2D eigenvalue weighted by Gasteiger charge is -2.39. The van der Waals surface area contributed by atoms with Crippen LogP contribution in [0.4, 0.5) is 8.78 Å². The molecule has 0 bridgehead atoms. The molecule has 5 rings (SSSR count). The van der Waals surface area contributed by atoms with Crippen molar-refractivity contribution in [1.82, 2.24) is 30.7 Å². The lowest BCUT2D eigenvalue weighted by Crippen LogP contribution is -2.62. The largest absolute Gasteiger partial charge is 0.469 e. The molecule has 1 aromatic carbocycles. The van der Waals surface area contributed by atoms with Gasteiger partial charge in [-0.1, -0.05) is 32.8 Å². The van der Waals surface area contributed by atoms with Gasteiger partial charge in [-0.3, -0.25) is 33.3 Å². The third-order valence-corrected chi connectivity index (χ3v) is 11.6. The number of carbonyl (C=O) groups is 7. The Morgan fingerprint density at radius 2 is 1.67 bits per heavy atom. The lowest BCUT2D eigenvalue weighted by atomic mass is 9.99. The fourth-order valence-electron chi connectivity index (χ4n) is 8.15. The van der Waals surface area contributed by atoms with E-state index in [0.717, 1.165) is 29.9 Å². The van der Waals surface area contributed by atoms with Crippen LogP contribution in [-0.2, 0) is 53.8 Å². The second-order valence-electron chi connectivity index (χ2n) is 15.9. The van der Waals surface area contributed by atoms with E-state index in [9.17, 15) is 56.7 Å². The number of halogens is 2. The molecule has 21 heteroatoms. The van der Waals surface area contributed by atoms with Crippen LogP contribution in [0.5, 0.6) is 0 Å². The number of hydrogen-bond acceptors (Lipinski definition) is 10. The van der Waals surface area contributed by atoms with Crippen molar-refractivity contribution in [3.05, 3.63) is 47.5 Å². The molecular formula is C39H53F2N6O12P. The van der Waals surface area contributed by atoms with Gasteiger partial charge in [0.05, 0.1) is 6.10 Å². The summed E-state index contributed by atoms with van der Waals surface area (Å²) >= 11 is 0. The van der Waals surface area contributed by atoms with Gasteiger partial charge in [0.2, 0.25) is 35.4 Å². The number of ether oxygens (including phenoxy) is 1. The summed E-state index contributed by atoms with van der Waals surface area (Å²) in [6.07, 6.45) is 4.02. The van der Waals surface area contributed by atoms with Crippen molar-refractivity contribution in [3.63, 3.8) is 0 Å². The highest BCUT2D eigenvalue weighted by molar-refractivity contribution is 7.46. The Kier molecular flexibility index (Phi) is 15.6. The van der Waals surface area contributed by atoms with Gasteiger partial charge in [-0.15, -0.1) is 0 Å². The topological polar surface area (TPSA) is 241 Å². The van der Waals surface area contributed by atoms with Crippen LogP contribution in [-0.4, -0.2) is 134 Å². The number of amides is 6. The van der Waals surface area contributed by atoms with E-state index in [4.69, 9.17) is 9.26 Å². The lowest BCUT2D eigenvalue weighted by molar-refractivity contribution is -0.158. The molecule has 0 spiro atoms. The molecule has 0 saturated carbocycles. The summed E-state index contributed by atoms with van der Waals surface area (Å²) in [5.74, 6) is -7.90. The molecule has 330 valence electrons. The first-order valence-corrected chi connectivity index (χ1v) is 21.7. The van der Waals surface area contributed by atoms with Gasteiger partial charge in [0.1, 0.15) is 54.5 Å². The number of phosphoric ester groups is 1. The molecule has 60 heavy (non-hydrogen) atoms. The van der Waals surface area contributed by atoms with E-state index in [1.165, 1.54) is 22.8 Å². The number of cyclic esters (lactones) is 1. The Hall–Kier alpha value is -4.78. The fraction of sp³-hybridized carbons (Fsp3) is 0.615. The molecule has 4 heterocycles. The highest BCUT2D eigenvalue weighted by Gasteiger charge is 2.49. The summed E-state index contributed by atoms with van der Waals surface area (Å²) in [5.41, 5.74) is -0.0317. The molecule has 4 saturated heterocycles. The summed E-state index contributed by atoms with van der Waals surface area (Å²) in [5, 5.41) is 7.62. The normalized spacial score (nSPS) is 27.6. The average molecular weight is 867 g/mol. The van der Waals surface area contributed by atoms with Gasteiger partial charge in [-0.2, -0.15) is 0 Å². The van der Waals surface area contributed by atoms with Crippen molar-refractivity contribution < 1.29 is 66.0 Å². The molecule has 4 aliphatic heterocycles. The number of rotatable bonds is 11. The Labute approximate surface area is 346 Å². The molecule has 5 N–H and O–H groups in total. The smallest absolute Gasteiger partial charge is 0.461 e. The molecule has 0 unspecified atom stereocenters. The molecular weight excluding hydrogens is 813 g/mol. The number of nitrogens with zero attached hydrogens (tertiary/aromatic N) is 3. The van der Waals surface area contributed by atoms with Crippen molar-refractivity contribution >= 4 is 49.2 Å². The second-order valence-corrected chi connectivity index (χ2v) is 17.1. The van der Waals surface area contributed by atoms with E-state index >= 15 is 0 Å². The van der Waals surface area contributed by atoms with Gasteiger partial charge in [0, 0.05) is 38.5 Å². The van der Waals surface area contributed by atoms with Crippen LogP contribution in [0.25, 0.3) is 0 Å². The number of phosphoric acid groups is 1. The van der Waals surface area contributed by atoms with E-state index < -0.39 is 129 Å². The number of unbranched alkanes of at least 4 members (excludes halogenated alkanes) is 2. The number of piperidine rings is 1. The van der Waals surface area contributed by atoms with Crippen molar-refractivity contribution in [2.45, 2.75) is 121 Å². The van der Waals surface area contributed by atoms with Crippen LogP contribution in [0.3, 0.4) is 0 Å². The van der Waals surface area contributed by atoms with Crippen molar-refractivity contribution in [3.8, 4) is 0 Å². The predicted octanol–water partition coefficient (Wildman–Crippen LogP) is 0.982. The summed E-state index contributed by atoms with van der Waals surface area (Å²) in [4.78, 5) is 120. The predicted molar refractivity (Wildman–Crippen MR) is 207 cm³/mol. The van der Waals surface area contributed by atoms with Crippen LogP contribution >= 0.6 is 7.82 Å². The Bertz CT molecular complexity index is 1880. The Morgan fingerprint density at radius 3 is 2.35 bits per heavy atom. The highest BCUT2D eigenvalue weighted by atomic mass is 31.2. The number of allylic oxidation sites excluding steroid dienone is 1. The molecule has 8 atom stereocenters. The molecule has 4 fully saturated rings. The average Bonchev–Trinajstić information content (AvgIpc) is 3.78. The number of esters is 1. The minimum absolute atomic E-state index is 0.0317. The van der Waals surface area contributed by atoms with Crippen molar-refractivity contribution in [2.75, 3.05) is 26.2 Å². The van der Waals surface area contributed by atoms with Crippen LogP contribution in [0.2, 0.25) is 0 Å². The van der Waals surface area contributed by atoms with Crippen LogP contribution in [0.15, 0.2) is 30.4 Å².